The second kappa shape index (κ2) is 8.24. The third kappa shape index (κ3) is 4.47. The molecule has 0 fully saturated rings. The Kier molecular flexibility index (Phi) is 6.98. The van der Waals surface area contributed by atoms with E-state index in [2.05, 4.69) is 5.32 Å². The van der Waals surface area contributed by atoms with Gasteiger partial charge >= 0.3 is 0 Å². The number of nitrogens with zero attached hydrogens (tertiary/aromatic N) is 1. The number of benzene rings is 1. The van der Waals surface area contributed by atoms with Crippen molar-refractivity contribution >= 4 is 10.0 Å². The molecule has 5 nitrogen and oxygen atoms in total. The van der Waals surface area contributed by atoms with E-state index in [1.807, 2.05) is 20.8 Å². The van der Waals surface area contributed by atoms with Gasteiger partial charge in [-0.05, 0) is 30.8 Å². The Labute approximate surface area is 122 Å². The monoisotopic (exact) mass is 300 g/mol. The van der Waals surface area contributed by atoms with Gasteiger partial charge in [0.25, 0.3) is 0 Å². The molecular weight excluding hydrogens is 276 g/mol. The quantitative estimate of drug-likeness (QED) is 0.705. The molecule has 0 saturated heterocycles. The van der Waals surface area contributed by atoms with Crippen LogP contribution in [0.5, 0.6) is 5.75 Å². The smallest absolute Gasteiger partial charge is 0.243 e. The highest BCUT2D eigenvalue weighted by Gasteiger charge is 2.21. The summed E-state index contributed by atoms with van der Waals surface area (Å²) in [6.07, 6.45) is 0. The van der Waals surface area contributed by atoms with Crippen molar-refractivity contribution < 1.29 is 13.2 Å². The number of ether oxygens (including phenoxy) is 1. The third-order valence-corrected chi connectivity index (χ3v) is 5.03. The van der Waals surface area contributed by atoms with Crippen molar-refractivity contribution in [3.05, 3.63) is 24.3 Å². The minimum Gasteiger partial charge on any atom is -0.492 e. The topological polar surface area (TPSA) is 58.6 Å². The molecule has 0 amide bonds. The number of hydrogen-bond acceptors (Lipinski definition) is 4. The molecular formula is C14H24N2O3S. The SMILES string of the molecule is CCNCCOc1ccc(S(=O)(=O)N(CC)CC)cc1. The molecule has 0 aliphatic rings. The molecule has 1 N–H and O–H groups in total. The number of likely N-dealkylation sites (N-methyl/N-ethyl adjacent to an activating group) is 1. The van der Waals surface area contributed by atoms with Gasteiger partial charge in [0.05, 0.1) is 4.90 Å². The van der Waals surface area contributed by atoms with E-state index in [0.717, 1.165) is 13.1 Å². The lowest BCUT2D eigenvalue weighted by molar-refractivity contribution is 0.315. The van der Waals surface area contributed by atoms with Crippen molar-refractivity contribution in [3.63, 3.8) is 0 Å². The van der Waals surface area contributed by atoms with E-state index in [0.29, 0.717) is 30.3 Å². The summed E-state index contributed by atoms with van der Waals surface area (Å²) in [6, 6.07) is 6.58. The molecule has 0 unspecified atom stereocenters. The second-order valence-electron chi connectivity index (χ2n) is 4.26. The Morgan fingerprint density at radius 2 is 1.70 bits per heavy atom. The predicted octanol–water partition coefficient (Wildman–Crippen LogP) is 1.71. The fourth-order valence-electron chi connectivity index (χ4n) is 1.84. The van der Waals surface area contributed by atoms with Crippen LogP contribution in [-0.4, -0.2) is 45.5 Å². The largest absolute Gasteiger partial charge is 0.492 e. The van der Waals surface area contributed by atoms with E-state index in [-0.39, 0.29) is 0 Å². The van der Waals surface area contributed by atoms with E-state index in [1.165, 1.54) is 4.31 Å². The zero-order chi connectivity index (χ0) is 15.0. The Bertz CT molecular complexity index is 482. The van der Waals surface area contributed by atoms with Crippen LogP contribution in [0.4, 0.5) is 0 Å². The molecule has 1 aromatic rings. The molecule has 0 heterocycles. The van der Waals surface area contributed by atoms with E-state index >= 15 is 0 Å². The molecule has 0 aromatic heterocycles. The molecule has 0 atom stereocenters. The molecule has 0 aliphatic carbocycles. The fraction of sp³-hybridized carbons (Fsp3) is 0.571. The zero-order valence-electron chi connectivity index (χ0n) is 12.4. The first-order chi connectivity index (χ1) is 9.56. The average Bonchev–Trinajstić information content (AvgIpc) is 2.45. The normalized spacial score (nSPS) is 11.8. The van der Waals surface area contributed by atoms with Crippen LogP contribution in [0.2, 0.25) is 0 Å². The lowest BCUT2D eigenvalue weighted by Crippen LogP contribution is -2.30. The van der Waals surface area contributed by atoms with Crippen molar-refractivity contribution in [2.45, 2.75) is 25.7 Å². The van der Waals surface area contributed by atoms with Crippen LogP contribution in [0.15, 0.2) is 29.2 Å². The van der Waals surface area contributed by atoms with Crippen LogP contribution in [-0.2, 0) is 10.0 Å². The first kappa shape index (κ1) is 16.9. The third-order valence-electron chi connectivity index (χ3n) is 2.96. The summed E-state index contributed by atoms with van der Waals surface area (Å²) in [6.45, 7) is 8.89. The zero-order valence-corrected chi connectivity index (χ0v) is 13.2. The summed E-state index contributed by atoms with van der Waals surface area (Å²) in [5.41, 5.74) is 0. The summed E-state index contributed by atoms with van der Waals surface area (Å²) < 4.78 is 31.5. The summed E-state index contributed by atoms with van der Waals surface area (Å²) in [5.74, 6) is 0.682. The maximum absolute atomic E-state index is 12.3. The lowest BCUT2D eigenvalue weighted by Gasteiger charge is -2.18. The van der Waals surface area contributed by atoms with Gasteiger partial charge in [0.15, 0.2) is 0 Å². The van der Waals surface area contributed by atoms with Crippen molar-refractivity contribution in [1.29, 1.82) is 0 Å². The van der Waals surface area contributed by atoms with Crippen LogP contribution in [0.3, 0.4) is 0 Å². The van der Waals surface area contributed by atoms with E-state index in [9.17, 15) is 8.42 Å². The summed E-state index contributed by atoms with van der Waals surface area (Å²) >= 11 is 0. The highest BCUT2D eigenvalue weighted by Crippen LogP contribution is 2.19. The number of sulfonamides is 1. The van der Waals surface area contributed by atoms with Crippen molar-refractivity contribution in [1.82, 2.24) is 9.62 Å². The molecule has 114 valence electrons. The number of nitrogens with one attached hydrogen (secondary N) is 1. The molecule has 6 heteroatoms. The van der Waals surface area contributed by atoms with Gasteiger partial charge in [-0.1, -0.05) is 20.8 Å². The molecule has 0 radical (unpaired) electrons. The van der Waals surface area contributed by atoms with E-state index < -0.39 is 10.0 Å². The molecule has 1 rings (SSSR count). The average molecular weight is 300 g/mol. The highest BCUT2D eigenvalue weighted by molar-refractivity contribution is 7.89. The molecule has 0 spiro atoms. The molecule has 0 saturated carbocycles. The van der Waals surface area contributed by atoms with Crippen molar-refractivity contribution in [2.75, 3.05) is 32.8 Å². The van der Waals surface area contributed by atoms with E-state index in [4.69, 9.17) is 4.74 Å². The first-order valence-corrected chi connectivity index (χ1v) is 8.44. The minimum absolute atomic E-state index is 0.306. The lowest BCUT2D eigenvalue weighted by atomic mass is 10.3. The van der Waals surface area contributed by atoms with Gasteiger partial charge in [0, 0.05) is 19.6 Å². The Hall–Kier alpha value is -1.11. The van der Waals surface area contributed by atoms with Gasteiger partial charge in [-0.25, -0.2) is 8.42 Å². The van der Waals surface area contributed by atoms with Gasteiger partial charge in [-0.2, -0.15) is 4.31 Å². The maximum Gasteiger partial charge on any atom is 0.243 e. The van der Waals surface area contributed by atoms with Crippen LogP contribution >= 0.6 is 0 Å². The summed E-state index contributed by atoms with van der Waals surface area (Å²) in [7, 11) is -3.38. The molecule has 20 heavy (non-hydrogen) atoms. The predicted molar refractivity (Wildman–Crippen MR) is 80.6 cm³/mol. The number of rotatable bonds is 9. The Morgan fingerprint density at radius 3 is 2.20 bits per heavy atom. The Morgan fingerprint density at radius 1 is 1.10 bits per heavy atom. The van der Waals surface area contributed by atoms with Gasteiger partial charge in [-0.15, -0.1) is 0 Å². The summed E-state index contributed by atoms with van der Waals surface area (Å²) in [5, 5.41) is 3.16. The standard InChI is InChI=1S/C14H24N2O3S/c1-4-15-11-12-19-13-7-9-14(10-8-13)20(17,18)16(5-2)6-3/h7-10,15H,4-6,11-12H2,1-3H3. The fourth-order valence-corrected chi connectivity index (χ4v) is 3.30. The van der Waals surface area contributed by atoms with Crippen LogP contribution < -0.4 is 10.1 Å². The second-order valence-corrected chi connectivity index (χ2v) is 6.20. The highest BCUT2D eigenvalue weighted by atomic mass is 32.2. The van der Waals surface area contributed by atoms with Gasteiger partial charge in [-0.3, -0.25) is 0 Å². The number of hydrogen-bond donors (Lipinski definition) is 1. The van der Waals surface area contributed by atoms with Gasteiger partial charge < -0.3 is 10.1 Å². The van der Waals surface area contributed by atoms with E-state index in [1.54, 1.807) is 24.3 Å². The van der Waals surface area contributed by atoms with Crippen LogP contribution in [0.1, 0.15) is 20.8 Å². The van der Waals surface area contributed by atoms with Crippen molar-refractivity contribution in [3.8, 4) is 5.75 Å². The van der Waals surface area contributed by atoms with Crippen molar-refractivity contribution in [2.24, 2.45) is 0 Å². The Balaban J connectivity index is 2.71. The maximum atomic E-state index is 12.3. The molecule has 0 aliphatic heterocycles. The van der Waals surface area contributed by atoms with Crippen LogP contribution in [0.25, 0.3) is 0 Å². The van der Waals surface area contributed by atoms with Crippen LogP contribution in [0, 0.1) is 0 Å². The summed E-state index contributed by atoms with van der Waals surface area (Å²) in [4.78, 5) is 0.306. The first-order valence-electron chi connectivity index (χ1n) is 7.00. The van der Waals surface area contributed by atoms with Gasteiger partial charge in [0.1, 0.15) is 12.4 Å². The minimum atomic E-state index is -3.38. The molecule has 0 bridgehead atoms. The molecule has 1 aromatic carbocycles. The van der Waals surface area contributed by atoms with Gasteiger partial charge in [0.2, 0.25) is 10.0 Å².